The molecule has 3 N–H and O–H groups in total. The topological polar surface area (TPSA) is 56.4 Å². The summed E-state index contributed by atoms with van der Waals surface area (Å²) < 4.78 is 0. The molecule has 5 nitrogen and oxygen atoms in total. The van der Waals surface area contributed by atoms with Gasteiger partial charge in [0.25, 0.3) is 0 Å². The number of piperidine rings is 1. The molecule has 2 saturated heterocycles. The molecule has 1 unspecified atom stereocenters. The second-order valence-corrected chi connectivity index (χ2v) is 5.12. The van der Waals surface area contributed by atoms with E-state index in [0.717, 1.165) is 37.6 Å². The molecule has 2 aliphatic rings. The molecule has 2 heterocycles. The Hall–Kier alpha value is -1.75. The first-order valence-electron chi connectivity index (χ1n) is 6.95. The van der Waals surface area contributed by atoms with Crippen LogP contribution in [0.1, 0.15) is 12.8 Å². The summed E-state index contributed by atoms with van der Waals surface area (Å²) in [5, 5.41) is 9.76. The van der Waals surface area contributed by atoms with Crippen LogP contribution in [-0.4, -0.2) is 38.3 Å². The van der Waals surface area contributed by atoms with Crippen molar-refractivity contribution in [3.8, 4) is 0 Å². The van der Waals surface area contributed by atoms with Gasteiger partial charge < -0.3 is 16.0 Å². The van der Waals surface area contributed by atoms with Gasteiger partial charge in [-0.2, -0.15) is 0 Å². The summed E-state index contributed by atoms with van der Waals surface area (Å²) in [5.74, 6) is 0. The number of hydrogen-bond donors (Lipinski definition) is 3. The highest BCUT2D eigenvalue weighted by Gasteiger charge is 2.21. The molecule has 5 heteroatoms. The van der Waals surface area contributed by atoms with Crippen molar-refractivity contribution in [2.24, 2.45) is 0 Å². The van der Waals surface area contributed by atoms with Crippen LogP contribution in [0.4, 0.5) is 16.2 Å². The van der Waals surface area contributed by atoms with Gasteiger partial charge in [-0.3, -0.25) is 4.90 Å². The smallest absolute Gasteiger partial charge is 0.321 e. The molecule has 2 aliphatic heterocycles. The van der Waals surface area contributed by atoms with E-state index in [2.05, 4.69) is 28.1 Å². The Morgan fingerprint density at radius 1 is 1.32 bits per heavy atom. The molecule has 3 rings (SSSR count). The average molecular weight is 260 g/mol. The lowest BCUT2D eigenvalue weighted by molar-refractivity contribution is 0.252. The molecule has 0 saturated carbocycles. The van der Waals surface area contributed by atoms with Crippen LogP contribution in [0.25, 0.3) is 0 Å². The number of anilines is 2. The summed E-state index contributed by atoms with van der Waals surface area (Å²) in [5.41, 5.74) is 2.05. The van der Waals surface area contributed by atoms with Crippen molar-refractivity contribution in [3.63, 3.8) is 0 Å². The molecular weight excluding hydrogens is 240 g/mol. The SMILES string of the molecule is O=C1NCCN1c1cccc(NC2CCCNC2)c1. The van der Waals surface area contributed by atoms with Gasteiger partial charge in [0, 0.05) is 37.1 Å². The van der Waals surface area contributed by atoms with E-state index in [4.69, 9.17) is 0 Å². The zero-order chi connectivity index (χ0) is 13.1. The van der Waals surface area contributed by atoms with Crippen LogP contribution in [0.3, 0.4) is 0 Å². The molecule has 0 aliphatic carbocycles. The average Bonchev–Trinajstić information content (AvgIpc) is 2.86. The fraction of sp³-hybridized carbons (Fsp3) is 0.500. The molecule has 102 valence electrons. The zero-order valence-corrected chi connectivity index (χ0v) is 11.0. The Labute approximate surface area is 113 Å². The van der Waals surface area contributed by atoms with Crippen molar-refractivity contribution < 1.29 is 4.79 Å². The Balaban J connectivity index is 1.70. The van der Waals surface area contributed by atoms with E-state index in [1.807, 2.05) is 12.1 Å². The number of rotatable bonds is 3. The number of benzene rings is 1. The fourth-order valence-corrected chi connectivity index (χ4v) is 2.69. The third-order valence-corrected chi connectivity index (χ3v) is 3.68. The van der Waals surface area contributed by atoms with Crippen molar-refractivity contribution in [2.45, 2.75) is 18.9 Å². The number of carbonyl (C=O) groups excluding carboxylic acids is 1. The number of nitrogens with zero attached hydrogens (tertiary/aromatic N) is 1. The summed E-state index contributed by atoms with van der Waals surface area (Å²) in [6, 6.07) is 8.58. The number of carbonyl (C=O) groups is 1. The van der Waals surface area contributed by atoms with Gasteiger partial charge in [0.2, 0.25) is 0 Å². The summed E-state index contributed by atoms with van der Waals surface area (Å²) in [4.78, 5) is 13.4. The Bertz CT molecular complexity index is 457. The monoisotopic (exact) mass is 260 g/mol. The van der Waals surface area contributed by atoms with Gasteiger partial charge in [0.05, 0.1) is 0 Å². The normalized spacial score (nSPS) is 23.3. The van der Waals surface area contributed by atoms with Crippen LogP contribution in [-0.2, 0) is 0 Å². The first kappa shape index (κ1) is 12.3. The van der Waals surface area contributed by atoms with Gasteiger partial charge >= 0.3 is 6.03 Å². The molecule has 0 radical (unpaired) electrons. The van der Waals surface area contributed by atoms with E-state index < -0.39 is 0 Å². The summed E-state index contributed by atoms with van der Waals surface area (Å²) in [6.07, 6.45) is 2.41. The largest absolute Gasteiger partial charge is 0.381 e. The Kier molecular flexibility index (Phi) is 3.55. The lowest BCUT2D eigenvalue weighted by Gasteiger charge is -2.25. The van der Waals surface area contributed by atoms with Crippen LogP contribution >= 0.6 is 0 Å². The van der Waals surface area contributed by atoms with Crippen LogP contribution in [0, 0.1) is 0 Å². The minimum atomic E-state index is -0.00326. The molecule has 1 aromatic carbocycles. The van der Waals surface area contributed by atoms with E-state index in [1.54, 1.807) is 4.90 Å². The molecule has 0 aromatic heterocycles. The highest BCUT2D eigenvalue weighted by molar-refractivity contribution is 5.94. The van der Waals surface area contributed by atoms with E-state index in [9.17, 15) is 4.79 Å². The first-order chi connectivity index (χ1) is 9.33. The van der Waals surface area contributed by atoms with Crippen LogP contribution in [0.5, 0.6) is 0 Å². The predicted molar refractivity (Wildman–Crippen MR) is 76.7 cm³/mol. The van der Waals surface area contributed by atoms with E-state index in [-0.39, 0.29) is 6.03 Å². The third kappa shape index (κ3) is 2.81. The molecule has 2 fully saturated rings. The summed E-state index contributed by atoms with van der Waals surface area (Å²) in [7, 11) is 0. The zero-order valence-electron chi connectivity index (χ0n) is 11.0. The van der Waals surface area contributed by atoms with Crippen molar-refractivity contribution in [1.82, 2.24) is 10.6 Å². The van der Waals surface area contributed by atoms with E-state index in [0.29, 0.717) is 6.04 Å². The van der Waals surface area contributed by atoms with Crippen LogP contribution < -0.4 is 20.9 Å². The molecule has 1 atom stereocenters. The lowest BCUT2D eigenvalue weighted by atomic mass is 10.1. The quantitative estimate of drug-likeness (QED) is 0.769. The molecule has 2 amide bonds. The third-order valence-electron chi connectivity index (χ3n) is 3.68. The minimum absolute atomic E-state index is 0.00326. The van der Waals surface area contributed by atoms with Crippen molar-refractivity contribution >= 4 is 17.4 Å². The second-order valence-electron chi connectivity index (χ2n) is 5.12. The number of hydrogen-bond acceptors (Lipinski definition) is 3. The van der Waals surface area contributed by atoms with Crippen molar-refractivity contribution in [2.75, 3.05) is 36.4 Å². The second kappa shape index (κ2) is 5.48. The maximum Gasteiger partial charge on any atom is 0.321 e. The lowest BCUT2D eigenvalue weighted by Crippen LogP contribution is -2.38. The van der Waals surface area contributed by atoms with E-state index >= 15 is 0 Å². The number of urea groups is 1. The summed E-state index contributed by atoms with van der Waals surface area (Å²) in [6.45, 7) is 3.59. The summed E-state index contributed by atoms with van der Waals surface area (Å²) >= 11 is 0. The minimum Gasteiger partial charge on any atom is -0.381 e. The standard InChI is InChI=1S/C14H20N4O/c19-14-16-7-8-18(14)13-5-1-3-11(9-13)17-12-4-2-6-15-10-12/h1,3,5,9,12,15,17H,2,4,6-8,10H2,(H,16,19). The molecule has 0 bridgehead atoms. The maximum atomic E-state index is 11.7. The van der Waals surface area contributed by atoms with Crippen LogP contribution in [0.15, 0.2) is 24.3 Å². The van der Waals surface area contributed by atoms with Gasteiger partial charge in [-0.25, -0.2) is 4.79 Å². The number of nitrogens with one attached hydrogen (secondary N) is 3. The molecular formula is C14H20N4O. The van der Waals surface area contributed by atoms with Crippen molar-refractivity contribution in [3.05, 3.63) is 24.3 Å². The van der Waals surface area contributed by atoms with Crippen LogP contribution in [0.2, 0.25) is 0 Å². The Morgan fingerprint density at radius 2 is 2.26 bits per heavy atom. The van der Waals surface area contributed by atoms with Gasteiger partial charge in [-0.15, -0.1) is 0 Å². The molecule has 0 spiro atoms. The van der Waals surface area contributed by atoms with E-state index in [1.165, 1.54) is 12.8 Å². The fourth-order valence-electron chi connectivity index (χ4n) is 2.69. The highest BCUT2D eigenvalue weighted by Crippen LogP contribution is 2.22. The van der Waals surface area contributed by atoms with Gasteiger partial charge in [0.1, 0.15) is 0 Å². The number of amides is 2. The molecule has 1 aromatic rings. The maximum absolute atomic E-state index is 11.7. The Morgan fingerprint density at radius 3 is 3.00 bits per heavy atom. The van der Waals surface area contributed by atoms with Crippen molar-refractivity contribution in [1.29, 1.82) is 0 Å². The van der Waals surface area contributed by atoms with Gasteiger partial charge in [-0.1, -0.05) is 6.07 Å². The first-order valence-corrected chi connectivity index (χ1v) is 6.95. The highest BCUT2D eigenvalue weighted by atomic mass is 16.2. The predicted octanol–water partition coefficient (Wildman–Crippen LogP) is 1.38. The van der Waals surface area contributed by atoms with Gasteiger partial charge in [-0.05, 0) is 37.6 Å². The molecule has 19 heavy (non-hydrogen) atoms. The van der Waals surface area contributed by atoms with Gasteiger partial charge in [0.15, 0.2) is 0 Å².